The van der Waals surface area contributed by atoms with Crippen LogP contribution in [-0.4, -0.2) is 64.1 Å². The number of hydrogen-bond donors (Lipinski definition) is 2. The van der Waals surface area contributed by atoms with E-state index in [4.69, 9.17) is 5.11 Å². The normalized spacial score (nSPS) is 28.7. The highest BCUT2D eigenvalue weighted by atomic mass is 32.2. The SMILES string of the molecule is CC(C)(C)S(=O)N[C@@H]1CS(=O)(=O)CC12CCN(C(=O)O)CC2. The quantitative estimate of drug-likeness (QED) is 0.757. The van der Waals surface area contributed by atoms with Gasteiger partial charge in [-0.25, -0.2) is 22.1 Å². The van der Waals surface area contributed by atoms with Gasteiger partial charge in [0.2, 0.25) is 0 Å². The van der Waals surface area contributed by atoms with Gasteiger partial charge >= 0.3 is 6.09 Å². The van der Waals surface area contributed by atoms with Crippen LogP contribution in [0.2, 0.25) is 0 Å². The molecule has 2 N–H and O–H groups in total. The van der Waals surface area contributed by atoms with Crippen LogP contribution in [0.1, 0.15) is 33.6 Å². The van der Waals surface area contributed by atoms with Crippen LogP contribution in [-0.2, 0) is 20.8 Å². The maximum Gasteiger partial charge on any atom is 0.407 e. The highest BCUT2D eigenvalue weighted by molar-refractivity contribution is 7.91. The molecule has 9 heteroatoms. The molecule has 0 aliphatic carbocycles. The molecule has 2 heterocycles. The first kappa shape index (κ1) is 17.7. The molecule has 2 atom stereocenters. The van der Waals surface area contributed by atoms with Gasteiger partial charge in [0, 0.05) is 24.5 Å². The molecule has 7 nitrogen and oxygen atoms in total. The largest absolute Gasteiger partial charge is 0.465 e. The molecule has 0 aromatic heterocycles. The van der Waals surface area contributed by atoms with Gasteiger partial charge in [-0.2, -0.15) is 0 Å². The highest BCUT2D eigenvalue weighted by Crippen LogP contribution is 2.42. The second kappa shape index (κ2) is 5.76. The molecular weight excluding hydrogens is 328 g/mol. The molecule has 1 spiro atoms. The van der Waals surface area contributed by atoms with Crippen LogP contribution in [0.3, 0.4) is 0 Å². The molecular formula is C13H24N2O5S2. The van der Waals surface area contributed by atoms with Crippen LogP contribution in [0, 0.1) is 5.41 Å². The molecule has 22 heavy (non-hydrogen) atoms. The minimum Gasteiger partial charge on any atom is -0.465 e. The van der Waals surface area contributed by atoms with Crippen molar-refractivity contribution in [2.75, 3.05) is 24.6 Å². The first-order valence-electron chi connectivity index (χ1n) is 7.32. The fourth-order valence-corrected chi connectivity index (χ4v) is 6.61. The number of piperidine rings is 1. The van der Waals surface area contributed by atoms with Crippen molar-refractivity contribution >= 4 is 26.9 Å². The van der Waals surface area contributed by atoms with Crippen molar-refractivity contribution in [2.24, 2.45) is 5.41 Å². The summed E-state index contributed by atoms with van der Waals surface area (Å²) >= 11 is 0. The van der Waals surface area contributed by atoms with E-state index in [9.17, 15) is 17.4 Å². The molecule has 1 unspecified atom stereocenters. The van der Waals surface area contributed by atoms with E-state index >= 15 is 0 Å². The Bertz CT molecular complexity index is 574. The van der Waals surface area contributed by atoms with E-state index in [2.05, 4.69) is 4.72 Å². The molecule has 2 saturated heterocycles. The monoisotopic (exact) mass is 352 g/mol. The zero-order valence-electron chi connectivity index (χ0n) is 13.2. The van der Waals surface area contributed by atoms with Crippen molar-refractivity contribution in [1.82, 2.24) is 9.62 Å². The molecule has 0 aromatic carbocycles. The van der Waals surface area contributed by atoms with E-state index in [1.165, 1.54) is 4.90 Å². The third kappa shape index (κ3) is 3.62. The Morgan fingerprint density at radius 1 is 1.32 bits per heavy atom. The van der Waals surface area contributed by atoms with Gasteiger partial charge in [-0.3, -0.25) is 0 Å². The molecule has 2 fully saturated rings. The first-order chi connectivity index (χ1) is 9.95. The molecule has 0 radical (unpaired) electrons. The predicted octanol–water partition coefficient (Wildman–Crippen LogP) is 0.595. The molecule has 0 saturated carbocycles. The lowest BCUT2D eigenvalue weighted by Gasteiger charge is -2.41. The lowest BCUT2D eigenvalue weighted by Crippen LogP contribution is -2.53. The molecule has 1 amide bonds. The molecule has 128 valence electrons. The van der Waals surface area contributed by atoms with Crippen molar-refractivity contribution < 1.29 is 22.5 Å². The lowest BCUT2D eigenvalue weighted by molar-refractivity contribution is 0.0906. The smallest absolute Gasteiger partial charge is 0.407 e. The summed E-state index contributed by atoms with van der Waals surface area (Å²) in [6.07, 6.45) is -0.00629. The van der Waals surface area contributed by atoms with Gasteiger partial charge in [0.25, 0.3) is 0 Å². The third-order valence-corrected chi connectivity index (χ3v) is 7.97. The average molecular weight is 352 g/mol. The standard InChI is InChI=1S/C13H24N2O5S2/c1-12(2,3)21(18)14-10-8-22(19,20)9-13(10)4-6-15(7-5-13)11(16)17/h10,14H,4-9H2,1-3H3,(H,16,17)/t10-,21?/m1/s1. The van der Waals surface area contributed by atoms with Crippen LogP contribution in [0.15, 0.2) is 0 Å². The third-order valence-electron chi connectivity index (χ3n) is 4.50. The summed E-state index contributed by atoms with van der Waals surface area (Å²) in [5.41, 5.74) is -0.508. The maximum absolute atomic E-state index is 12.3. The zero-order valence-corrected chi connectivity index (χ0v) is 14.8. The number of carboxylic acid groups (broad SMARTS) is 1. The topological polar surface area (TPSA) is 104 Å². The van der Waals surface area contributed by atoms with E-state index in [1.807, 2.05) is 20.8 Å². The van der Waals surface area contributed by atoms with Crippen molar-refractivity contribution in [1.29, 1.82) is 0 Å². The summed E-state index contributed by atoms with van der Waals surface area (Å²) in [5.74, 6) is 0.0222. The fourth-order valence-electron chi connectivity index (χ4n) is 3.13. The number of sulfone groups is 1. The van der Waals surface area contributed by atoms with E-state index in [-0.39, 0.29) is 17.5 Å². The van der Waals surface area contributed by atoms with Gasteiger partial charge < -0.3 is 10.0 Å². The van der Waals surface area contributed by atoms with Crippen LogP contribution >= 0.6 is 0 Å². The van der Waals surface area contributed by atoms with Crippen molar-refractivity contribution in [2.45, 2.75) is 44.4 Å². The van der Waals surface area contributed by atoms with Gasteiger partial charge in [-0.15, -0.1) is 0 Å². The number of amides is 1. The maximum atomic E-state index is 12.3. The number of nitrogens with zero attached hydrogens (tertiary/aromatic N) is 1. The molecule has 0 bridgehead atoms. The Morgan fingerprint density at radius 2 is 1.86 bits per heavy atom. The Hall–Kier alpha value is -0.670. The Kier molecular flexibility index (Phi) is 4.63. The second-order valence-electron chi connectivity index (χ2n) is 7.24. The Balaban J connectivity index is 2.18. The fraction of sp³-hybridized carbons (Fsp3) is 0.923. The van der Waals surface area contributed by atoms with Crippen LogP contribution in [0.5, 0.6) is 0 Å². The van der Waals surface area contributed by atoms with Gasteiger partial charge in [0.1, 0.15) is 0 Å². The summed E-state index contributed by atoms with van der Waals surface area (Å²) in [7, 11) is -4.55. The first-order valence-corrected chi connectivity index (χ1v) is 10.3. The molecule has 2 aliphatic heterocycles. The number of likely N-dealkylation sites (tertiary alicyclic amines) is 1. The summed E-state index contributed by atoms with van der Waals surface area (Å²) in [6.45, 7) is 6.15. The summed E-state index contributed by atoms with van der Waals surface area (Å²) in [4.78, 5) is 12.3. The van der Waals surface area contributed by atoms with Gasteiger partial charge in [0.05, 0.1) is 27.2 Å². The minimum absolute atomic E-state index is 0.0259. The van der Waals surface area contributed by atoms with Crippen LogP contribution in [0.4, 0.5) is 4.79 Å². The summed E-state index contributed by atoms with van der Waals surface area (Å²) < 4.78 is 39.0. The van der Waals surface area contributed by atoms with Gasteiger partial charge in [0.15, 0.2) is 9.84 Å². The predicted molar refractivity (Wildman–Crippen MR) is 84.7 cm³/mol. The van der Waals surface area contributed by atoms with Crippen molar-refractivity contribution in [3.8, 4) is 0 Å². The number of hydrogen-bond acceptors (Lipinski definition) is 4. The van der Waals surface area contributed by atoms with Gasteiger partial charge in [-0.05, 0) is 33.6 Å². The van der Waals surface area contributed by atoms with Crippen LogP contribution in [0.25, 0.3) is 0 Å². The Morgan fingerprint density at radius 3 is 2.32 bits per heavy atom. The van der Waals surface area contributed by atoms with Crippen molar-refractivity contribution in [3.63, 3.8) is 0 Å². The average Bonchev–Trinajstić information content (AvgIpc) is 2.59. The second-order valence-corrected chi connectivity index (χ2v) is 11.3. The van der Waals surface area contributed by atoms with Gasteiger partial charge in [-0.1, -0.05) is 0 Å². The number of nitrogens with one attached hydrogen (secondary N) is 1. The van der Waals surface area contributed by atoms with E-state index in [0.717, 1.165) is 0 Å². The number of rotatable bonds is 2. The minimum atomic E-state index is -3.20. The molecule has 0 aromatic rings. The van der Waals surface area contributed by atoms with Crippen LogP contribution < -0.4 is 4.72 Å². The van der Waals surface area contributed by atoms with E-state index in [0.29, 0.717) is 25.9 Å². The van der Waals surface area contributed by atoms with E-state index < -0.39 is 37.1 Å². The summed E-state index contributed by atoms with van der Waals surface area (Å²) in [6, 6.07) is -0.381. The summed E-state index contributed by atoms with van der Waals surface area (Å²) in [5, 5.41) is 9.03. The molecule has 2 rings (SSSR count). The highest BCUT2D eigenvalue weighted by Gasteiger charge is 2.52. The number of carbonyl (C=O) groups is 1. The van der Waals surface area contributed by atoms with Crippen molar-refractivity contribution in [3.05, 3.63) is 0 Å². The molecule has 2 aliphatic rings. The van der Waals surface area contributed by atoms with E-state index in [1.54, 1.807) is 0 Å². The lowest BCUT2D eigenvalue weighted by atomic mass is 9.75. The Labute approximate surface area is 134 Å². The zero-order chi connectivity index (χ0) is 16.8.